The number of pyridine rings is 1. The number of nitrogens with one attached hydrogen (secondary N) is 2. The van der Waals surface area contributed by atoms with E-state index in [0.29, 0.717) is 24.3 Å². The number of piperazine rings is 1. The second kappa shape index (κ2) is 9.17. The van der Waals surface area contributed by atoms with Crippen molar-refractivity contribution in [2.45, 2.75) is 12.6 Å². The summed E-state index contributed by atoms with van der Waals surface area (Å²) < 4.78 is 13.5. The lowest BCUT2D eigenvalue weighted by Gasteiger charge is -2.40. The van der Waals surface area contributed by atoms with Gasteiger partial charge in [0.05, 0.1) is 28.9 Å². The molecule has 1 fully saturated rings. The van der Waals surface area contributed by atoms with Crippen molar-refractivity contribution in [1.82, 2.24) is 25.5 Å². The Hall–Kier alpha value is -2.75. The average molecular weight is 421 g/mol. The van der Waals surface area contributed by atoms with E-state index in [1.54, 1.807) is 29.2 Å². The van der Waals surface area contributed by atoms with Gasteiger partial charge in [0.1, 0.15) is 5.82 Å². The molecule has 0 radical (unpaired) electrons. The Morgan fingerprint density at radius 2 is 2.10 bits per heavy atom. The number of nitrogens with zero attached hydrogens (tertiary/aromatic N) is 3. The molecular formula is C19H22ClFN6O2. The van der Waals surface area contributed by atoms with Gasteiger partial charge in [0.2, 0.25) is 0 Å². The Kier molecular flexibility index (Phi) is 6.63. The predicted octanol–water partition coefficient (Wildman–Crippen LogP) is 1.68. The van der Waals surface area contributed by atoms with Gasteiger partial charge in [0, 0.05) is 25.8 Å². The number of urea groups is 1. The summed E-state index contributed by atoms with van der Waals surface area (Å²) in [6.45, 7) is 2.05. The van der Waals surface area contributed by atoms with Gasteiger partial charge in [-0.1, -0.05) is 17.7 Å². The van der Waals surface area contributed by atoms with Gasteiger partial charge in [-0.25, -0.2) is 15.0 Å². The number of hydrazine groups is 1. The van der Waals surface area contributed by atoms with E-state index in [1.165, 1.54) is 12.3 Å². The minimum absolute atomic E-state index is 0.0295. The number of likely N-dealkylation sites (N-methyl/N-ethyl adjacent to an activating group) is 1. The molecule has 0 saturated carbocycles. The number of hydrogen-bond acceptors (Lipinski definition) is 5. The van der Waals surface area contributed by atoms with Gasteiger partial charge in [0.25, 0.3) is 5.91 Å². The molecule has 154 valence electrons. The van der Waals surface area contributed by atoms with Gasteiger partial charge in [-0.2, -0.15) is 0 Å². The molecule has 10 heteroatoms. The summed E-state index contributed by atoms with van der Waals surface area (Å²) in [6, 6.07) is 7.23. The molecule has 1 atom stereocenters. The highest BCUT2D eigenvalue weighted by Crippen LogP contribution is 2.28. The first-order valence-electron chi connectivity index (χ1n) is 9.03. The van der Waals surface area contributed by atoms with Crippen molar-refractivity contribution in [2.75, 3.05) is 26.7 Å². The van der Waals surface area contributed by atoms with Gasteiger partial charge in [-0.05, 0) is 36.9 Å². The normalized spacial score (nSPS) is 17.1. The summed E-state index contributed by atoms with van der Waals surface area (Å²) in [7, 11) is 1.97. The van der Waals surface area contributed by atoms with Crippen molar-refractivity contribution >= 4 is 23.5 Å². The molecule has 0 spiro atoms. The summed E-state index contributed by atoms with van der Waals surface area (Å²) in [6.07, 6.45) is 1.39. The molecule has 3 amide bonds. The van der Waals surface area contributed by atoms with Crippen LogP contribution in [0.2, 0.25) is 5.02 Å². The molecule has 4 N–H and O–H groups in total. The fourth-order valence-corrected chi connectivity index (χ4v) is 3.37. The Morgan fingerprint density at radius 1 is 1.31 bits per heavy atom. The molecule has 2 heterocycles. The fourth-order valence-electron chi connectivity index (χ4n) is 3.18. The van der Waals surface area contributed by atoms with Crippen LogP contribution in [0.3, 0.4) is 0 Å². The van der Waals surface area contributed by atoms with Gasteiger partial charge in [-0.3, -0.25) is 15.2 Å². The molecule has 1 aliphatic heterocycles. The smallest absolute Gasteiger partial charge is 0.318 e. The zero-order chi connectivity index (χ0) is 21.0. The molecule has 1 aromatic carbocycles. The maximum atomic E-state index is 13.5. The van der Waals surface area contributed by atoms with Crippen LogP contribution < -0.4 is 16.6 Å². The molecular weight excluding hydrogens is 399 g/mol. The van der Waals surface area contributed by atoms with Crippen molar-refractivity contribution in [3.8, 4) is 0 Å². The first kappa shape index (κ1) is 21.0. The Labute approximate surface area is 172 Å². The van der Waals surface area contributed by atoms with E-state index in [2.05, 4.69) is 15.2 Å². The topological polar surface area (TPSA) is 104 Å². The lowest BCUT2D eigenvalue weighted by atomic mass is 10.0. The molecule has 29 heavy (non-hydrogen) atoms. The van der Waals surface area contributed by atoms with Crippen LogP contribution in [0.25, 0.3) is 0 Å². The summed E-state index contributed by atoms with van der Waals surface area (Å²) in [4.78, 5) is 32.2. The van der Waals surface area contributed by atoms with E-state index in [4.69, 9.17) is 17.4 Å². The highest BCUT2D eigenvalue weighted by molar-refractivity contribution is 6.30. The number of rotatable bonds is 4. The van der Waals surface area contributed by atoms with Crippen LogP contribution in [0, 0.1) is 5.82 Å². The summed E-state index contributed by atoms with van der Waals surface area (Å²) in [5.74, 6) is 4.16. The zero-order valence-electron chi connectivity index (χ0n) is 15.9. The first-order chi connectivity index (χ1) is 13.9. The van der Waals surface area contributed by atoms with Crippen molar-refractivity contribution in [3.05, 3.63) is 64.2 Å². The number of halogens is 2. The average Bonchev–Trinajstić information content (AvgIpc) is 2.73. The van der Waals surface area contributed by atoms with Crippen molar-refractivity contribution < 1.29 is 14.0 Å². The largest absolute Gasteiger partial charge is 0.332 e. The van der Waals surface area contributed by atoms with Crippen molar-refractivity contribution in [3.63, 3.8) is 0 Å². The highest BCUT2D eigenvalue weighted by atomic mass is 35.5. The number of carbonyl (C=O) groups is 2. The van der Waals surface area contributed by atoms with E-state index in [-0.39, 0.29) is 23.6 Å². The van der Waals surface area contributed by atoms with E-state index in [9.17, 15) is 14.0 Å². The Balaban J connectivity index is 1.69. The zero-order valence-corrected chi connectivity index (χ0v) is 16.6. The molecule has 3 rings (SSSR count). The van der Waals surface area contributed by atoms with E-state index in [0.717, 1.165) is 12.1 Å². The highest BCUT2D eigenvalue weighted by Gasteiger charge is 2.30. The lowest BCUT2D eigenvalue weighted by Crippen LogP contribution is -2.52. The van der Waals surface area contributed by atoms with Crippen LogP contribution in [0.1, 0.15) is 27.7 Å². The SMILES string of the molecule is CN1CCN(C(=O)NCc2ccc(C(=O)NN)cn2)C(c2ccc(F)c(Cl)c2)C1. The summed E-state index contributed by atoms with van der Waals surface area (Å²) in [5.41, 5.74) is 3.73. The molecule has 2 aromatic rings. The number of aromatic nitrogens is 1. The van der Waals surface area contributed by atoms with Crippen LogP contribution in [0.5, 0.6) is 0 Å². The van der Waals surface area contributed by atoms with Gasteiger partial charge < -0.3 is 15.1 Å². The number of amides is 3. The minimum Gasteiger partial charge on any atom is -0.332 e. The number of nitrogens with two attached hydrogens (primary N) is 1. The third-order valence-corrected chi connectivity index (χ3v) is 5.10. The fraction of sp³-hybridized carbons (Fsp3) is 0.316. The third kappa shape index (κ3) is 5.00. The Bertz CT molecular complexity index is 895. The van der Waals surface area contributed by atoms with Crippen LogP contribution in [-0.2, 0) is 6.54 Å². The maximum Gasteiger partial charge on any atom is 0.318 e. The van der Waals surface area contributed by atoms with Crippen LogP contribution in [0.4, 0.5) is 9.18 Å². The number of nitrogen functional groups attached to an aromatic ring is 1. The molecule has 0 aliphatic carbocycles. The molecule has 1 saturated heterocycles. The number of hydrogen-bond donors (Lipinski definition) is 3. The van der Waals surface area contributed by atoms with Crippen LogP contribution >= 0.6 is 11.6 Å². The van der Waals surface area contributed by atoms with Crippen molar-refractivity contribution in [1.29, 1.82) is 0 Å². The second-order valence-electron chi connectivity index (χ2n) is 6.82. The van der Waals surface area contributed by atoms with E-state index in [1.807, 2.05) is 12.5 Å². The predicted molar refractivity (Wildman–Crippen MR) is 106 cm³/mol. The van der Waals surface area contributed by atoms with Gasteiger partial charge in [0.15, 0.2) is 0 Å². The Morgan fingerprint density at radius 3 is 2.76 bits per heavy atom. The molecule has 8 nitrogen and oxygen atoms in total. The quantitative estimate of drug-likeness (QED) is 0.396. The monoisotopic (exact) mass is 420 g/mol. The molecule has 1 aromatic heterocycles. The van der Waals surface area contributed by atoms with Crippen LogP contribution in [-0.4, -0.2) is 53.4 Å². The molecule has 1 aliphatic rings. The second-order valence-corrected chi connectivity index (χ2v) is 7.22. The van der Waals surface area contributed by atoms with Crippen LogP contribution in [0.15, 0.2) is 36.5 Å². The van der Waals surface area contributed by atoms with Gasteiger partial charge >= 0.3 is 6.03 Å². The lowest BCUT2D eigenvalue weighted by molar-refractivity contribution is 0.0953. The third-order valence-electron chi connectivity index (χ3n) is 4.81. The number of benzene rings is 1. The summed E-state index contributed by atoms with van der Waals surface area (Å²) in [5, 5.41) is 2.88. The van der Waals surface area contributed by atoms with E-state index >= 15 is 0 Å². The van der Waals surface area contributed by atoms with E-state index < -0.39 is 11.7 Å². The standard InChI is InChI=1S/C19H22ClFN6O2/c1-26-6-7-27(17(11-26)12-3-5-16(21)15(20)8-12)19(29)24-10-14-4-2-13(9-23-14)18(28)25-22/h2-5,8-9,17H,6-7,10-11,22H2,1H3,(H,24,29)(H,25,28). The minimum atomic E-state index is -0.492. The summed E-state index contributed by atoms with van der Waals surface area (Å²) >= 11 is 5.93. The molecule has 0 bridgehead atoms. The first-order valence-corrected chi connectivity index (χ1v) is 9.40. The maximum absolute atomic E-state index is 13.5. The van der Waals surface area contributed by atoms with Crippen molar-refractivity contribution in [2.24, 2.45) is 5.84 Å². The number of carbonyl (C=O) groups excluding carboxylic acids is 2. The molecule has 1 unspecified atom stereocenters. The van der Waals surface area contributed by atoms with Gasteiger partial charge in [-0.15, -0.1) is 0 Å².